The van der Waals surface area contributed by atoms with Crippen LogP contribution in [0.4, 0.5) is 0 Å². The van der Waals surface area contributed by atoms with Crippen molar-refractivity contribution in [3.63, 3.8) is 0 Å². The summed E-state index contributed by atoms with van der Waals surface area (Å²) in [5.74, 6) is 0.566. The minimum atomic E-state index is -1.17. The number of carbonyl (C=O) groups is 1. The standard InChI is InChI=1S/C32H25N5O4/c1-20(32(39)40-2)31(38)24-10-6-9-22(17-24)23-11-12-25-27(18-23)33-16-15-28(25)41-19-30-35-34-29-14-13-26(36-37(29)30)21-7-4-3-5-8-21/h3-18,31,38H,1,19H2,2H3. The zero-order chi connectivity index (χ0) is 28.3. The van der Waals surface area contributed by atoms with Crippen LogP contribution in [0, 0.1) is 0 Å². The van der Waals surface area contributed by atoms with Crippen LogP contribution in [0.15, 0.2) is 109 Å². The maximum absolute atomic E-state index is 11.8. The Balaban J connectivity index is 1.25. The molecular formula is C32H25N5O4. The average molecular weight is 544 g/mol. The Morgan fingerprint density at radius 3 is 2.56 bits per heavy atom. The number of ether oxygens (including phenoxy) is 2. The van der Waals surface area contributed by atoms with Gasteiger partial charge in [0.1, 0.15) is 18.5 Å². The lowest BCUT2D eigenvalue weighted by Crippen LogP contribution is -2.12. The van der Waals surface area contributed by atoms with E-state index in [0.29, 0.717) is 22.8 Å². The van der Waals surface area contributed by atoms with E-state index >= 15 is 0 Å². The van der Waals surface area contributed by atoms with E-state index in [1.54, 1.807) is 16.8 Å². The van der Waals surface area contributed by atoms with Gasteiger partial charge in [-0.15, -0.1) is 10.2 Å². The van der Waals surface area contributed by atoms with Crippen molar-refractivity contribution in [3.8, 4) is 28.1 Å². The molecule has 0 amide bonds. The number of carbonyl (C=O) groups excluding carboxylic acids is 1. The van der Waals surface area contributed by atoms with Crippen molar-refractivity contribution in [2.75, 3.05) is 7.11 Å². The molecule has 0 saturated heterocycles. The fourth-order valence-electron chi connectivity index (χ4n) is 4.59. The van der Waals surface area contributed by atoms with E-state index in [4.69, 9.17) is 9.84 Å². The van der Waals surface area contributed by atoms with Crippen LogP contribution in [0.5, 0.6) is 5.75 Å². The molecule has 9 nitrogen and oxygen atoms in total. The molecule has 3 aromatic carbocycles. The Morgan fingerprint density at radius 1 is 0.927 bits per heavy atom. The first-order valence-electron chi connectivity index (χ1n) is 12.9. The smallest absolute Gasteiger partial charge is 0.336 e. The minimum Gasteiger partial charge on any atom is -0.485 e. The van der Waals surface area contributed by atoms with Crippen LogP contribution in [0.25, 0.3) is 38.9 Å². The molecule has 1 unspecified atom stereocenters. The monoisotopic (exact) mass is 543 g/mol. The Bertz CT molecular complexity index is 1900. The molecule has 3 heterocycles. The van der Waals surface area contributed by atoms with Gasteiger partial charge in [-0.1, -0.05) is 61.2 Å². The van der Waals surface area contributed by atoms with Gasteiger partial charge in [-0.2, -0.15) is 9.61 Å². The first kappa shape index (κ1) is 25.8. The summed E-state index contributed by atoms with van der Waals surface area (Å²) in [5, 5.41) is 24.7. The second-order valence-corrected chi connectivity index (χ2v) is 9.35. The SMILES string of the molecule is C=C(C(=O)OC)C(O)c1cccc(-c2ccc3c(OCc4nnc5ccc(-c6ccccc6)nn45)ccnc3c2)c1. The predicted octanol–water partition coefficient (Wildman–Crippen LogP) is 5.35. The minimum absolute atomic E-state index is 0.0291. The van der Waals surface area contributed by atoms with Crippen molar-refractivity contribution in [1.82, 2.24) is 24.8 Å². The van der Waals surface area contributed by atoms with E-state index in [0.717, 1.165) is 33.3 Å². The molecule has 1 atom stereocenters. The van der Waals surface area contributed by atoms with Crippen LogP contribution in [0.3, 0.4) is 0 Å². The Morgan fingerprint density at radius 2 is 1.73 bits per heavy atom. The average Bonchev–Trinajstić information content (AvgIpc) is 3.45. The first-order valence-corrected chi connectivity index (χ1v) is 12.9. The van der Waals surface area contributed by atoms with E-state index in [9.17, 15) is 9.90 Å². The van der Waals surface area contributed by atoms with Gasteiger partial charge in [0, 0.05) is 17.1 Å². The van der Waals surface area contributed by atoms with Crippen LogP contribution in [0.1, 0.15) is 17.5 Å². The molecule has 9 heteroatoms. The summed E-state index contributed by atoms with van der Waals surface area (Å²) in [6.45, 7) is 3.83. The van der Waals surface area contributed by atoms with E-state index in [1.165, 1.54) is 7.11 Å². The van der Waals surface area contributed by atoms with Gasteiger partial charge in [0.25, 0.3) is 0 Å². The molecule has 6 rings (SSSR count). The number of rotatable bonds is 8. The van der Waals surface area contributed by atoms with Crippen LogP contribution >= 0.6 is 0 Å². The van der Waals surface area contributed by atoms with Crippen LogP contribution in [-0.4, -0.2) is 43.0 Å². The zero-order valence-corrected chi connectivity index (χ0v) is 22.1. The second kappa shape index (κ2) is 11.0. The molecule has 0 aliphatic heterocycles. The summed E-state index contributed by atoms with van der Waals surface area (Å²) in [7, 11) is 1.25. The fourth-order valence-corrected chi connectivity index (χ4v) is 4.59. The largest absolute Gasteiger partial charge is 0.485 e. The second-order valence-electron chi connectivity index (χ2n) is 9.35. The van der Waals surface area contributed by atoms with Crippen molar-refractivity contribution in [2.24, 2.45) is 0 Å². The molecule has 0 bridgehead atoms. The Hall–Kier alpha value is -5.41. The van der Waals surface area contributed by atoms with Crippen LogP contribution < -0.4 is 4.74 Å². The molecule has 41 heavy (non-hydrogen) atoms. The molecule has 0 spiro atoms. The number of nitrogens with zero attached hydrogens (tertiary/aromatic N) is 5. The summed E-state index contributed by atoms with van der Waals surface area (Å²) in [6.07, 6.45) is 0.517. The molecule has 6 aromatic rings. The Labute approximate surface area is 235 Å². The van der Waals surface area contributed by atoms with E-state index in [2.05, 4.69) is 26.5 Å². The van der Waals surface area contributed by atoms with Crippen molar-refractivity contribution in [2.45, 2.75) is 12.7 Å². The van der Waals surface area contributed by atoms with E-state index in [1.807, 2.05) is 84.9 Å². The first-order chi connectivity index (χ1) is 20.0. The number of aliphatic hydroxyl groups excluding tert-OH is 1. The number of methoxy groups -OCH3 is 1. The summed E-state index contributed by atoms with van der Waals surface area (Å²) < 4.78 is 12.6. The third kappa shape index (κ3) is 5.13. The quantitative estimate of drug-likeness (QED) is 0.202. The van der Waals surface area contributed by atoms with Gasteiger partial charge in [0.05, 0.1) is 23.9 Å². The predicted molar refractivity (Wildman–Crippen MR) is 154 cm³/mol. The van der Waals surface area contributed by atoms with Crippen molar-refractivity contribution in [1.29, 1.82) is 0 Å². The molecular weight excluding hydrogens is 518 g/mol. The number of hydrogen-bond acceptors (Lipinski definition) is 8. The summed E-state index contributed by atoms with van der Waals surface area (Å²) in [4.78, 5) is 16.4. The molecule has 0 fully saturated rings. The zero-order valence-electron chi connectivity index (χ0n) is 22.1. The van der Waals surface area contributed by atoms with Gasteiger partial charge in [-0.3, -0.25) is 4.98 Å². The van der Waals surface area contributed by atoms with E-state index in [-0.39, 0.29) is 12.2 Å². The van der Waals surface area contributed by atoms with Gasteiger partial charge in [0.2, 0.25) is 0 Å². The lowest BCUT2D eigenvalue weighted by Gasteiger charge is -2.14. The molecule has 0 saturated carbocycles. The topological polar surface area (TPSA) is 112 Å². The van der Waals surface area contributed by atoms with Crippen LogP contribution in [0.2, 0.25) is 0 Å². The highest BCUT2D eigenvalue weighted by Gasteiger charge is 2.19. The number of esters is 1. The highest BCUT2D eigenvalue weighted by atomic mass is 16.5. The van der Waals surface area contributed by atoms with Gasteiger partial charge in [-0.25, -0.2) is 4.79 Å². The van der Waals surface area contributed by atoms with Gasteiger partial charge >= 0.3 is 5.97 Å². The molecule has 0 aliphatic rings. The van der Waals surface area contributed by atoms with Gasteiger partial charge in [0.15, 0.2) is 11.5 Å². The number of hydrogen-bond donors (Lipinski definition) is 1. The highest BCUT2D eigenvalue weighted by molar-refractivity contribution is 5.90. The molecule has 1 N–H and O–H groups in total. The molecule has 202 valence electrons. The Kier molecular flexibility index (Phi) is 6.93. The van der Waals surface area contributed by atoms with E-state index < -0.39 is 12.1 Å². The number of fused-ring (bicyclic) bond motifs is 2. The lowest BCUT2D eigenvalue weighted by atomic mass is 9.97. The van der Waals surface area contributed by atoms with Crippen molar-refractivity contribution in [3.05, 3.63) is 121 Å². The molecule has 0 radical (unpaired) electrons. The molecule has 0 aliphatic carbocycles. The third-order valence-corrected chi connectivity index (χ3v) is 6.77. The van der Waals surface area contributed by atoms with Crippen molar-refractivity contribution >= 4 is 22.5 Å². The molecule has 3 aromatic heterocycles. The number of benzene rings is 3. The highest BCUT2D eigenvalue weighted by Crippen LogP contribution is 2.31. The number of pyridine rings is 1. The normalized spacial score (nSPS) is 11.9. The number of aromatic nitrogens is 5. The maximum atomic E-state index is 11.8. The van der Waals surface area contributed by atoms with Crippen molar-refractivity contribution < 1.29 is 19.4 Å². The van der Waals surface area contributed by atoms with Gasteiger partial charge in [-0.05, 0) is 53.1 Å². The number of aliphatic hydroxyl groups is 1. The summed E-state index contributed by atoms with van der Waals surface area (Å²) in [5.41, 5.74) is 5.43. The maximum Gasteiger partial charge on any atom is 0.336 e. The van der Waals surface area contributed by atoms with Crippen LogP contribution in [-0.2, 0) is 16.1 Å². The summed E-state index contributed by atoms with van der Waals surface area (Å²) in [6, 6.07) is 28.7. The van der Waals surface area contributed by atoms with Gasteiger partial charge < -0.3 is 14.6 Å². The summed E-state index contributed by atoms with van der Waals surface area (Å²) >= 11 is 0. The third-order valence-electron chi connectivity index (χ3n) is 6.77. The lowest BCUT2D eigenvalue weighted by molar-refractivity contribution is -0.137. The fraction of sp³-hybridized carbons (Fsp3) is 0.0938.